The van der Waals surface area contributed by atoms with Gasteiger partial charge in [0.05, 0.1) is 11.6 Å². The Balaban J connectivity index is 2.09. The summed E-state index contributed by atoms with van der Waals surface area (Å²) in [5.41, 5.74) is 7.13. The minimum Gasteiger partial charge on any atom is -0.368 e. The lowest BCUT2D eigenvalue weighted by Gasteiger charge is -2.06. The van der Waals surface area contributed by atoms with Crippen molar-refractivity contribution < 1.29 is 0 Å². The van der Waals surface area contributed by atoms with Gasteiger partial charge in [0, 0.05) is 6.54 Å². The van der Waals surface area contributed by atoms with Crippen LogP contribution in [0.15, 0.2) is 24.3 Å². The van der Waals surface area contributed by atoms with Crippen molar-refractivity contribution in [3.8, 4) is 6.07 Å². The molecule has 90 valence electrons. The number of anilines is 2. The Hall–Kier alpha value is -2.68. The highest BCUT2D eigenvalue weighted by Crippen LogP contribution is 2.07. The van der Waals surface area contributed by atoms with Gasteiger partial charge in [-0.3, -0.25) is 0 Å². The number of nitrogens with zero attached hydrogens (tertiary/aromatic N) is 4. The monoisotopic (exact) mass is 240 g/mol. The highest BCUT2D eigenvalue weighted by atomic mass is 15.2. The molecule has 1 heterocycles. The Bertz CT molecular complexity index is 582. The molecule has 2 aromatic rings. The fraction of sp³-hybridized carbons (Fsp3) is 0.167. The second-order valence-corrected chi connectivity index (χ2v) is 3.73. The van der Waals surface area contributed by atoms with Gasteiger partial charge >= 0.3 is 0 Å². The first-order chi connectivity index (χ1) is 8.67. The highest BCUT2D eigenvalue weighted by Gasteiger charge is 2.01. The molecule has 0 radical (unpaired) electrons. The molecule has 6 heteroatoms. The topological polar surface area (TPSA) is 101 Å². The fourth-order valence-electron chi connectivity index (χ4n) is 1.51. The molecule has 0 aliphatic heterocycles. The molecule has 1 aromatic heterocycles. The first-order valence-corrected chi connectivity index (χ1v) is 5.38. The van der Waals surface area contributed by atoms with Crippen molar-refractivity contribution in [3.05, 3.63) is 41.2 Å². The van der Waals surface area contributed by atoms with Gasteiger partial charge in [0.15, 0.2) is 0 Å². The van der Waals surface area contributed by atoms with Gasteiger partial charge in [-0.2, -0.15) is 20.2 Å². The first-order valence-electron chi connectivity index (χ1n) is 5.38. The van der Waals surface area contributed by atoms with E-state index in [1.807, 2.05) is 18.2 Å². The minimum absolute atomic E-state index is 0.191. The van der Waals surface area contributed by atoms with E-state index in [4.69, 9.17) is 11.0 Å². The number of nitrogen functional groups attached to an aromatic ring is 1. The highest BCUT2D eigenvalue weighted by molar-refractivity contribution is 5.36. The quantitative estimate of drug-likeness (QED) is 0.837. The van der Waals surface area contributed by atoms with Crippen molar-refractivity contribution in [2.45, 2.75) is 13.5 Å². The summed E-state index contributed by atoms with van der Waals surface area (Å²) >= 11 is 0. The van der Waals surface area contributed by atoms with Crippen LogP contribution in [-0.2, 0) is 6.54 Å². The van der Waals surface area contributed by atoms with Gasteiger partial charge in [-0.25, -0.2) is 0 Å². The lowest BCUT2D eigenvalue weighted by molar-refractivity contribution is 0.963. The molecule has 3 N–H and O–H groups in total. The van der Waals surface area contributed by atoms with Crippen LogP contribution >= 0.6 is 0 Å². The van der Waals surface area contributed by atoms with E-state index in [1.165, 1.54) is 0 Å². The number of hydrogen-bond acceptors (Lipinski definition) is 6. The van der Waals surface area contributed by atoms with E-state index in [0.717, 1.165) is 5.56 Å². The van der Waals surface area contributed by atoms with Crippen molar-refractivity contribution in [1.82, 2.24) is 15.0 Å². The molecule has 0 saturated carbocycles. The fourth-order valence-corrected chi connectivity index (χ4v) is 1.51. The van der Waals surface area contributed by atoms with E-state index >= 15 is 0 Å². The van der Waals surface area contributed by atoms with Crippen LogP contribution < -0.4 is 11.1 Å². The zero-order valence-corrected chi connectivity index (χ0v) is 9.88. The summed E-state index contributed by atoms with van der Waals surface area (Å²) in [6, 6.07) is 9.42. The van der Waals surface area contributed by atoms with Crippen molar-refractivity contribution in [2.75, 3.05) is 11.1 Å². The summed E-state index contributed by atoms with van der Waals surface area (Å²) in [4.78, 5) is 12.0. The van der Waals surface area contributed by atoms with E-state index in [-0.39, 0.29) is 5.95 Å². The number of aryl methyl sites for hydroxylation is 1. The third kappa shape index (κ3) is 2.92. The third-order valence-corrected chi connectivity index (χ3v) is 2.27. The molecule has 0 aliphatic rings. The second-order valence-electron chi connectivity index (χ2n) is 3.73. The average molecular weight is 240 g/mol. The van der Waals surface area contributed by atoms with Crippen molar-refractivity contribution in [1.29, 1.82) is 5.26 Å². The van der Waals surface area contributed by atoms with Crippen LogP contribution in [0.2, 0.25) is 0 Å². The van der Waals surface area contributed by atoms with Gasteiger partial charge in [-0.15, -0.1) is 0 Å². The molecule has 0 aliphatic carbocycles. The molecule has 0 atom stereocenters. The molecule has 1 aromatic carbocycles. The van der Waals surface area contributed by atoms with E-state index < -0.39 is 0 Å². The van der Waals surface area contributed by atoms with Gasteiger partial charge in [-0.1, -0.05) is 12.1 Å². The van der Waals surface area contributed by atoms with Crippen LogP contribution in [-0.4, -0.2) is 15.0 Å². The van der Waals surface area contributed by atoms with Crippen LogP contribution in [0.25, 0.3) is 0 Å². The lowest BCUT2D eigenvalue weighted by atomic mass is 10.1. The summed E-state index contributed by atoms with van der Waals surface area (Å²) in [5.74, 6) is 1.19. The van der Waals surface area contributed by atoms with Gasteiger partial charge in [0.2, 0.25) is 11.9 Å². The summed E-state index contributed by atoms with van der Waals surface area (Å²) in [6.45, 7) is 2.28. The Morgan fingerprint density at radius 2 is 2.17 bits per heavy atom. The van der Waals surface area contributed by atoms with Crippen LogP contribution in [0.4, 0.5) is 11.9 Å². The number of rotatable bonds is 3. The van der Waals surface area contributed by atoms with Gasteiger partial charge in [-0.05, 0) is 24.6 Å². The average Bonchev–Trinajstić information content (AvgIpc) is 2.35. The van der Waals surface area contributed by atoms with E-state index in [1.54, 1.807) is 13.0 Å². The van der Waals surface area contributed by atoms with E-state index in [2.05, 4.69) is 26.3 Å². The molecule has 0 spiro atoms. The minimum atomic E-state index is 0.191. The number of nitrogens with one attached hydrogen (secondary N) is 1. The maximum atomic E-state index is 8.80. The predicted octanol–water partition coefficient (Wildman–Crippen LogP) is 1.25. The first kappa shape index (κ1) is 11.8. The molecule has 0 saturated heterocycles. The van der Waals surface area contributed by atoms with Crippen molar-refractivity contribution in [2.24, 2.45) is 0 Å². The van der Waals surface area contributed by atoms with Crippen molar-refractivity contribution >= 4 is 11.9 Å². The van der Waals surface area contributed by atoms with Crippen LogP contribution in [0, 0.1) is 18.3 Å². The maximum Gasteiger partial charge on any atom is 0.227 e. The summed E-state index contributed by atoms with van der Waals surface area (Å²) in [7, 11) is 0. The lowest BCUT2D eigenvalue weighted by Crippen LogP contribution is -2.08. The molecular formula is C12H12N6. The zero-order chi connectivity index (χ0) is 13.0. The number of nitrogens with two attached hydrogens (primary N) is 1. The molecule has 0 fully saturated rings. The molecule has 0 bridgehead atoms. The Morgan fingerprint density at radius 3 is 2.89 bits per heavy atom. The molecule has 18 heavy (non-hydrogen) atoms. The molecule has 2 rings (SSSR count). The van der Waals surface area contributed by atoms with Crippen molar-refractivity contribution in [3.63, 3.8) is 0 Å². The zero-order valence-electron chi connectivity index (χ0n) is 9.88. The summed E-state index contributed by atoms with van der Waals surface area (Å²) in [6.07, 6.45) is 0. The smallest absolute Gasteiger partial charge is 0.227 e. The SMILES string of the molecule is Cc1nc(N)nc(NCc2cccc(C#N)c2)n1. The number of hydrogen-bond donors (Lipinski definition) is 2. The standard InChI is InChI=1S/C12H12N6/c1-8-16-11(14)18-12(17-8)15-7-10-4-2-3-9(5-10)6-13/h2-5H,7H2,1H3,(H3,14,15,16,17,18). The number of benzene rings is 1. The predicted molar refractivity (Wildman–Crippen MR) is 67.5 cm³/mol. The number of nitriles is 1. The van der Waals surface area contributed by atoms with E-state index in [9.17, 15) is 0 Å². The molecule has 0 unspecified atom stereocenters. The van der Waals surface area contributed by atoms with Crippen LogP contribution in [0.5, 0.6) is 0 Å². The summed E-state index contributed by atoms with van der Waals surface area (Å²) < 4.78 is 0. The summed E-state index contributed by atoms with van der Waals surface area (Å²) in [5, 5.41) is 11.8. The molecule has 0 amide bonds. The third-order valence-electron chi connectivity index (χ3n) is 2.27. The van der Waals surface area contributed by atoms with E-state index in [0.29, 0.717) is 23.9 Å². The molecule has 6 nitrogen and oxygen atoms in total. The maximum absolute atomic E-state index is 8.80. The largest absolute Gasteiger partial charge is 0.368 e. The Kier molecular flexibility index (Phi) is 3.34. The van der Waals surface area contributed by atoms with Gasteiger partial charge < -0.3 is 11.1 Å². The van der Waals surface area contributed by atoms with Crippen LogP contribution in [0.1, 0.15) is 17.0 Å². The Labute approximate surface area is 105 Å². The number of aromatic nitrogens is 3. The van der Waals surface area contributed by atoms with Gasteiger partial charge in [0.25, 0.3) is 0 Å². The normalized spacial score (nSPS) is 9.78. The van der Waals surface area contributed by atoms with Gasteiger partial charge in [0.1, 0.15) is 5.82 Å². The van der Waals surface area contributed by atoms with Crippen LogP contribution in [0.3, 0.4) is 0 Å². The molecular weight excluding hydrogens is 228 g/mol. The second kappa shape index (κ2) is 5.10. The Morgan fingerprint density at radius 1 is 1.33 bits per heavy atom.